The molecular formula is C14H17N3O5S. The van der Waals surface area contributed by atoms with E-state index in [1.165, 1.54) is 12.1 Å². The molecule has 0 heterocycles. The van der Waals surface area contributed by atoms with Crippen LogP contribution in [0, 0.1) is 11.3 Å². The molecule has 1 aromatic rings. The molecule has 0 aromatic heterocycles. The number of amides is 1. The number of carbonyl (C=O) groups excluding carboxylic acids is 1. The van der Waals surface area contributed by atoms with Gasteiger partial charge in [0.2, 0.25) is 0 Å². The molecule has 1 rings (SSSR count). The van der Waals surface area contributed by atoms with Gasteiger partial charge in [0.1, 0.15) is 11.6 Å². The number of nitrogens with zero attached hydrogens (tertiary/aromatic N) is 1. The lowest BCUT2D eigenvalue weighted by Gasteiger charge is -2.22. The molecule has 0 spiro atoms. The Hall–Kier alpha value is -2.41. The first-order valence-electron chi connectivity index (χ1n) is 6.47. The molecule has 0 atom stereocenters. The zero-order valence-corrected chi connectivity index (χ0v) is 13.4. The van der Waals surface area contributed by atoms with Crippen molar-refractivity contribution in [2.24, 2.45) is 0 Å². The average molecular weight is 339 g/mol. The molecule has 0 saturated heterocycles. The second-order valence-corrected chi connectivity index (χ2v) is 6.73. The fourth-order valence-electron chi connectivity index (χ4n) is 1.39. The maximum atomic E-state index is 12.0. The number of aliphatic hydroxyl groups excluding tert-OH is 1. The SMILES string of the molecule is CC(C)(CO)N/C=C(/C#N)C(=O)Nc1cccc(S(=O)(=O)O)c1. The maximum absolute atomic E-state index is 12.0. The van der Waals surface area contributed by atoms with Crippen LogP contribution < -0.4 is 10.6 Å². The summed E-state index contributed by atoms with van der Waals surface area (Å²) in [5.41, 5.74) is -0.871. The van der Waals surface area contributed by atoms with Crippen LogP contribution in [-0.4, -0.2) is 36.1 Å². The van der Waals surface area contributed by atoms with E-state index >= 15 is 0 Å². The Kier molecular flexibility index (Phi) is 5.86. The van der Waals surface area contributed by atoms with E-state index in [2.05, 4.69) is 10.6 Å². The molecule has 0 unspecified atom stereocenters. The number of anilines is 1. The largest absolute Gasteiger partial charge is 0.394 e. The van der Waals surface area contributed by atoms with Crippen molar-refractivity contribution < 1.29 is 22.9 Å². The summed E-state index contributed by atoms with van der Waals surface area (Å²) in [6.45, 7) is 3.14. The highest BCUT2D eigenvalue weighted by molar-refractivity contribution is 7.85. The zero-order chi connectivity index (χ0) is 17.7. The third kappa shape index (κ3) is 5.71. The lowest BCUT2D eigenvalue weighted by atomic mass is 10.1. The van der Waals surface area contributed by atoms with Crippen LogP contribution in [0.4, 0.5) is 5.69 Å². The van der Waals surface area contributed by atoms with Gasteiger partial charge in [0, 0.05) is 11.9 Å². The molecule has 0 fully saturated rings. The minimum atomic E-state index is -4.39. The summed E-state index contributed by atoms with van der Waals surface area (Å²) in [5, 5.41) is 23.2. The molecule has 0 saturated carbocycles. The van der Waals surface area contributed by atoms with Gasteiger partial charge < -0.3 is 15.7 Å². The standard InChI is InChI=1S/C14H17N3O5S/c1-14(2,9-18)16-8-10(7-15)13(19)17-11-4-3-5-12(6-11)23(20,21)22/h3-6,8,16,18H,9H2,1-2H3,(H,17,19)(H,20,21,22)/b10-8-. The zero-order valence-electron chi connectivity index (χ0n) is 12.6. The van der Waals surface area contributed by atoms with Crippen LogP contribution in [0.2, 0.25) is 0 Å². The van der Waals surface area contributed by atoms with Crippen LogP contribution in [0.1, 0.15) is 13.8 Å². The summed E-state index contributed by atoms with van der Waals surface area (Å²) in [7, 11) is -4.39. The van der Waals surface area contributed by atoms with Gasteiger partial charge in [-0.05, 0) is 32.0 Å². The number of nitriles is 1. The molecular weight excluding hydrogens is 322 g/mol. The maximum Gasteiger partial charge on any atom is 0.294 e. The first-order chi connectivity index (χ1) is 10.6. The molecule has 0 aliphatic carbocycles. The van der Waals surface area contributed by atoms with Gasteiger partial charge in [0.05, 0.1) is 17.0 Å². The summed E-state index contributed by atoms with van der Waals surface area (Å²) in [5.74, 6) is -0.763. The van der Waals surface area contributed by atoms with Gasteiger partial charge in [-0.25, -0.2) is 0 Å². The Bertz CT molecular complexity index is 763. The molecule has 23 heavy (non-hydrogen) atoms. The van der Waals surface area contributed by atoms with E-state index in [9.17, 15) is 13.2 Å². The highest BCUT2D eigenvalue weighted by Crippen LogP contribution is 2.15. The van der Waals surface area contributed by atoms with E-state index in [1.54, 1.807) is 19.9 Å². The van der Waals surface area contributed by atoms with E-state index in [0.717, 1.165) is 18.3 Å². The Morgan fingerprint density at radius 1 is 1.43 bits per heavy atom. The van der Waals surface area contributed by atoms with Crippen molar-refractivity contribution in [1.82, 2.24) is 5.32 Å². The highest BCUT2D eigenvalue weighted by Gasteiger charge is 2.16. The predicted octanol–water partition coefficient (Wildman–Crippen LogP) is 0.640. The quantitative estimate of drug-likeness (QED) is 0.339. The Labute approximate surface area is 134 Å². The summed E-state index contributed by atoms with van der Waals surface area (Å²) in [6.07, 6.45) is 1.16. The van der Waals surface area contributed by atoms with Crippen LogP contribution in [0.5, 0.6) is 0 Å². The van der Waals surface area contributed by atoms with E-state index in [-0.39, 0.29) is 22.8 Å². The molecule has 0 aliphatic rings. The topological polar surface area (TPSA) is 140 Å². The van der Waals surface area contributed by atoms with Gasteiger partial charge in [0.25, 0.3) is 16.0 Å². The van der Waals surface area contributed by atoms with Crippen LogP contribution in [0.3, 0.4) is 0 Å². The number of hydrogen-bond acceptors (Lipinski definition) is 6. The molecule has 0 aliphatic heterocycles. The minimum absolute atomic E-state index is 0.104. The number of carbonyl (C=O) groups is 1. The third-order valence-corrected chi connectivity index (χ3v) is 3.61. The predicted molar refractivity (Wildman–Crippen MR) is 82.9 cm³/mol. The summed E-state index contributed by atoms with van der Waals surface area (Å²) >= 11 is 0. The number of aliphatic hydroxyl groups is 1. The molecule has 9 heteroatoms. The smallest absolute Gasteiger partial charge is 0.294 e. The fourth-order valence-corrected chi connectivity index (χ4v) is 1.92. The van der Waals surface area contributed by atoms with Crippen LogP contribution in [-0.2, 0) is 14.9 Å². The molecule has 4 N–H and O–H groups in total. The van der Waals surface area contributed by atoms with Gasteiger partial charge >= 0.3 is 0 Å². The lowest BCUT2D eigenvalue weighted by molar-refractivity contribution is -0.112. The van der Waals surface area contributed by atoms with Gasteiger partial charge in [-0.2, -0.15) is 13.7 Å². The van der Waals surface area contributed by atoms with Gasteiger partial charge in [-0.15, -0.1) is 0 Å². The fraction of sp³-hybridized carbons (Fsp3) is 0.286. The van der Waals surface area contributed by atoms with Crippen LogP contribution >= 0.6 is 0 Å². The number of rotatable bonds is 6. The Morgan fingerprint density at radius 3 is 2.61 bits per heavy atom. The van der Waals surface area contributed by atoms with Crippen LogP contribution in [0.25, 0.3) is 0 Å². The average Bonchev–Trinajstić information content (AvgIpc) is 2.47. The number of nitrogens with one attached hydrogen (secondary N) is 2. The first-order valence-corrected chi connectivity index (χ1v) is 7.91. The summed E-state index contributed by atoms with van der Waals surface area (Å²) in [6, 6.07) is 6.67. The van der Waals surface area contributed by atoms with Crippen molar-refractivity contribution >= 4 is 21.7 Å². The Balaban J connectivity index is 2.94. The molecule has 0 bridgehead atoms. The highest BCUT2D eigenvalue weighted by atomic mass is 32.2. The molecule has 8 nitrogen and oxygen atoms in total. The Morgan fingerprint density at radius 2 is 2.09 bits per heavy atom. The third-order valence-electron chi connectivity index (χ3n) is 2.76. The van der Waals surface area contributed by atoms with Crippen LogP contribution in [0.15, 0.2) is 40.9 Å². The van der Waals surface area contributed by atoms with Crippen molar-refractivity contribution in [3.8, 4) is 6.07 Å². The molecule has 1 aromatic carbocycles. The van der Waals surface area contributed by atoms with E-state index in [4.69, 9.17) is 14.9 Å². The van der Waals surface area contributed by atoms with Gasteiger partial charge in [-0.3, -0.25) is 9.35 Å². The minimum Gasteiger partial charge on any atom is -0.394 e. The van der Waals surface area contributed by atoms with Crippen molar-refractivity contribution in [3.63, 3.8) is 0 Å². The van der Waals surface area contributed by atoms with Crippen molar-refractivity contribution in [2.75, 3.05) is 11.9 Å². The van der Waals surface area contributed by atoms with E-state index in [1.807, 2.05) is 0 Å². The number of hydrogen-bond donors (Lipinski definition) is 4. The summed E-state index contributed by atoms with van der Waals surface area (Å²) < 4.78 is 31.1. The van der Waals surface area contributed by atoms with E-state index in [0.29, 0.717) is 0 Å². The first kappa shape index (κ1) is 18.6. The van der Waals surface area contributed by atoms with Crippen molar-refractivity contribution in [2.45, 2.75) is 24.3 Å². The van der Waals surface area contributed by atoms with Crippen molar-refractivity contribution in [1.29, 1.82) is 5.26 Å². The van der Waals surface area contributed by atoms with Crippen molar-refractivity contribution in [3.05, 3.63) is 36.0 Å². The summed E-state index contributed by atoms with van der Waals surface area (Å²) in [4.78, 5) is 11.6. The monoisotopic (exact) mass is 339 g/mol. The lowest BCUT2D eigenvalue weighted by Crippen LogP contribution is -2.39. The normalized spacial score (nSPS) is 12.4. The van der Waals surface area contributed by atoms with Gasteiger partial charge in [-0.1, -0.05) is 6.07 Å². The molecule has 0 radical (unpaired) electrons. The van der Waals surface area contributed by atoms with E-state index < -0.39 is 21.6 Å². The molecule has 1 amide bonds. The number of benzene rings is 1. The van der Waals surface area contributed by atoms with Gasteiger partial charge in [0.15, 0.2) is 0 Å². The second kappa shape index (κ2) is 7.23. The molecule has 124 valence electrons. The second-order valence-electron chi connectivity index (χ2n) is 5.31.